The van der Waals surface area contributed by atoms with E-state index in [2.05, 4.69) is 11.2 Å². The highest BCUT2D eigenvalue weighted by Crippen LogP contribution is 2.33. The van der Waals surface area contributed by atoms with Crippen molar-refractivity contribution in [3.05, 3.63) is 70.5 Å². The molecule has 3 rings (SSSR count). The molecule has 0 bridgehead atoms. The van der Waals surface area contributed by atoms with Crippen LogP contribution in [0.3, 0.4) is 0 Å². The molecule has 7 heteroatoms. The number of ether oxygens (including phenoxy) is 1. The van der Waals surface area contributed by atoms with Gasteiger partial charge in [-0.15, -0.1) is 0 Å². The molecule has 2 aromatic carbocycles. The Bertz CT molecular complexity index is 1000. The number of methoxy groups -OCH3 is 1. The lowest BCUT2D eigenvalue weighted by Crippen LogP contribution is -2.42. The predicted molar refractivity (Wildman–Crippen MR) is 122 cm³/mol. The Kier molecular flexibility index (Phi) is 7.75. The van der Waals surface area contributed by atoms with Crippen LogP contribution in [0.4, 0.5) is 4.39 Å². The molecule has 1 aliphatic rings. The maximum Gasteiger partial charge on any atom is 0.262 e. The summed E-state index contributed by atoms with van der Waals surface area (Å²) < 4.78 is 18.6. The fraction of sp³-hybridized carbons (Fsp3) is 0.400. The molecule has 32 heavy (non-hydrogen) atoms. The largest absolute Gasteiger partial charge is 0.383 e. The van der Waals surface area contributed by atoms with Gasteiger partial charge in [0.15, 0.2) is 0 Å². The van der Waals surface area contributed by atoms with Gasteiger partial charge >= 0.3 is 0 Å². The van der Waals surface area contributed by atoms with Crippen molar-refractivity contribution in [2.45, 2.75) is 39.7 Å². The minimum Gasteiger partial charge on any atom is -0.383 e. The quantitative estimate of drug-likeness (QED) is 0.625. The molecule has 1 heterocycles. The van der Waals surface area contributed by atoms with Gasteiger partial charge in [0.2, 0.25) is 5.91 Å². The summed E-state index contributed by atoms with van der Waals surface area (Å²) in [7, 11) is 1.56. The van der Waals surface area contributed by atoms with E-state index >= 15 is 0 Å². The van der Waals surface area contributed by atoms with Crippen LogP contribution in [0.5, 0.6) is 0 Å². The zero-order chi connectivity index (χ0) is 23.3. The van der Waals surface area contributed by atoms with Crippen LogP contribution in [0.25, 0.3) is 0 Å². The number of hydrazone groups is 1. The highest BCUT2D eigenvalue weighted by atomic mass is 19.1. The number of carbonyl (C=O) groups excluding carboxylic acids is 2. The molecular formula is C25H30FN3O3. The Labute approximate surface area is 188 Å². The van der Waals surface area contributed by atoms with Crippen LogP contribution in [0.2, 0.25) is 0 Å². The van der Waals surface area contributed by atoms with Crippen LogP contribution in [0.1, 0.15) is 48.1 Å². The molecule has 1 aliphatic heterocycles. The number of benzene rings is 2. The lowest BCUT2D eigenvalue weighted by Gasteiger charge is -2.26. The van der Waals surface area contributed by atoms with Crippen LogP contribution in [-0.2, 0) is 14.3 Å². The second-order valence-corrected chi connectivity index (χ2v) is 8.02. The summed E-state index contributed by atoms with van der Waals surface area (Å²) in [5.74, 6) is -0.735. The Hall–Kier alpha value is -3.06. The van der Waals surface area contributed by atoms with Crippen molar-refractivity contribution in [1.82, 2.24) is 9.91 Å². The number of aryl methyl sites for hydroxylation is 2. The normalized spacial score (nSPS) is 15.6. The van der Waals surface area contributed by atoms with E-state index in [1.165, 1.54) is 27.6 Å². The molecule has 2 aromatic rings. The molecule has 1 unspecified atom stereocenters. The fourth-order valence-corrected chi connectivity index (χ4v) is 3.73. The van der Waals surface area contributed by atoms with E-state index in [4.69, 9.17) is 4.74 Å². The minimum atomic E-state index is -0.360. The van der Waals surface area contributed by atoms with Crippen molar-refractivity contribution in [2.75, 3.05) is 26.8 Å². The van der Waals surface area contributed by atoms with Crippen molar-refractivity contribution >= 4 is 17.5 Å². The standard InChI is InChI=1S/C25H30FN3O3/c1-5-24(30)28(12-13-32-4)16-25(31)29-23(19-8-10-21(26)11-9-19)15-22(27-29)20-7-6-17(2)18(3)14-20/h6-11,14,23H,5,12-13,15-16H2,1-4H3. The highest BCUT2D eigenvalue weighted by Gasteiger charge is 2.34. The molecule has 0 aromatic heterocycles. The molecule has 0 saturated heterocycles. The number of rotatable bonds is 8. The first-order valence-corrected chi connectivity index (χ1v) is 10.8. The second-order valence-electron chi connectivity index (χ2n) is 8.02. The van der Waals surface area contributed by atoms with Crippen molar-refractivity contribution in [2.24, 2.45) is 5.10 Å². The van der Waals surface area contributed by atoms with Crippen LogP contribution >= 0.6 is 0 Å². The number of carbonyl (C=O) groups is 2. The Balaban J connectivity index is 1.91. The molecular weight excluding hydrogens is 409 g/mol. The SMILES string of the molecule is CCC(=O)N(CCOC)CC(=O)N1N=C(c2ccc(C)c(C)c2)CC1c1ccc(F)cc1. The predicted octanol–water partition coefficient (Wildman–Crippen LogP) is 4.01. The van der Waals surface area contributed by atoms with Crippen molar-refractivity contribution in [3.63, 3.8) is 0 Å². The third-order valence-electron chi connectivity index (χ3n) is 5.81. The van der Waals surface area contributed by atoms with Gasteiger partial charge in [-0.2, -0.15) is 5.10 Å². The first-order valence-electron chi connectivity index (χ1n) is 10.8. The molecule has 0 radical (unpaired) electrons. The Morgan fingerprint density at radius 1 is 1.16 bits per heavy atom. The summed E-state index contributed by atoms with van der Waals surface area (Å²) in [6.07, 6.45) is 0.815. The van der Waals surface area contributed by atoms with Crippen LogP contribution in [0.15, 0.2) is 47.6 Å². The summed E-state index contributed by atoms with van der Waals surface area (Å²) in [6, 6.07) is 11.9. The van der Waals surface area contributed by atoms with Gasteiger partial charge in [0.25, 0.3) is 5.91 Å². The van der Waals surface area contributed by atoms with E-state index in [0.29, 0.717) is 26.0 Å². The molecule has 1 atom stereocenters. The number of amides is 2. The Morgan fingerprint density at radius 2 is 1.88 bits per heavy atom. The van der Waals surface area contributed by atoms with Gasteiger partial charge in [-0.1, -0.05) is 31.2 Å². The topological polar surface area (TPSA) is 62.2 Å². The average Bonchev–Trinajstić information content (AvgIpc) is 3.24. The Morgan fingerprint density at radius 3 is 2.50 bits per heavy atom. The molecule has 170 valence electrons. The maximum absolute atomic E-state index is 13.5. The number of hydrogen-bond acceptors (Lipinski definition) is 4. The van der Waals surface area contributed by atoms with E-state index in [0.717, 1.165) is 22.4 Å². The summed E-state index contributed by atoms with van der Waals surface area (Å²) >= 11 is 0. The third-order valence-corrected chi connectivity index (χ3v) is 5.81. The zero-order valence-electron chi connectivity index (χ0n) is 19.1. The molecule has 0 saturated carbocycles. The smallest absolute Gasteiger partial charge is 0.262 e. The van der Waals surface area contributed by atoms with Crippen LogP contribution < -0.4 is 0 Å². The van der Waals surface area contributed by atoms with Crippen LogP contribution in [-0.4, -0.2) is 54.2 Å². The maximum atomic E-state index is 13.5. The highest BCUT2D eigenvalue weighted by molar-refractivity contribution is 6.03. The molecule has 6 nitrogen and oxygen atoms in total. The van der Waals surface area contributed by atoms with E-state index in [1.54, 1.807) is 26.2 Å². The van der Waals surface area contributed by atoms with E-state index in [1.807, 2.05) is 26.0 Å². The van der Waals surface area contributed by atoms with E-state index in [-0.39, 0.29) is 30.2 Å². The van der Waals surface area contributed by atoms with Crippen molar-refractivity contribution < 1.29 is 18.7 Å². The van der Waals surface area contributed by atoms with E-state index in [9.17, 15) is 14.0 Å². The second kappa shape index (κ2) is 10.5. The molecule has 0 fully saturated rings. The summed E-state index contributed by atoms with van der Waals surface area (Å²) in [6.45, 7) is 6.44. The van der Waals surface area contributed by atoms with Gasteiger partial charge in [-0.05, 0) is 54.3 Å². The van der Waals surface area contributed by atoms with Crippen LogP contribution in [0, 0.1) is 19.7 Å². The number of hydrogen-bond donors (Lipinski definition) is 0. The molecule has 0 aliphatic carbocycles. The van der Waals surface area contributed by atoms with Gasteiger partial charge < -0.3 is 9.64 Å². The third kappa shape index (κ3) is 5.40. The van der Waals surface area contributed by atoms with Crippen molar-refractivity contribution in [3.8, 4) is 0 Å². The zero-order valence-corrected chi connectivity index (χ0v) is 19.1. The van der Waals surface area contributed by atoms with Gasteiger partial charge in [-0.3, -0.25) is 9.59 Å². The minimum absolute atomic E-state index is 0.0859. The lowest BCUT2D eigenvalue weighted by molar-refractivity contribution is -0.141. The lowest BCUT2D eigenvalue weighted by atomic mass is 9.96. The van der Waals surface area contributed by atoms with E-state index < -0.39 is 0 Å². The summed E-state index contributed by atoms with van der Waals surface area (Å²) in [5, 5.41) is 6.11. The average molecular weight is 440 g/mol. The fourth-order valence-electron chi connectivity index (χ4n) is 3.73. The number of nitrogens with zero attached hydrogens (tertiary/aromatic N) is 3. The van der Waals surface area contributed by atoms with Gasteiger partial charge in [0.1, 0.15) is 12.4 Å². The van der Waals surface area contributed by atoms with Gasteiger partial charge in [0.05, 0.1) is 18.4 Å². The molecule has 2 amide bonds. The van der Waals surface area contributed by atoms with Crippen molar-refractivity contribution in [1.29, 1.82) is 0 Å². The monoisotopic (exact) mass is 439 g/mol. The summed E-state index contributed by atoms with van der Waals surface area (Å²) in [5.41, 5.74) is 4.87. The summed E-state index contributed by atoms with van der Waals surface area (Å²) in [4.78, 5) is 27.1. The first kappa shape index (κ1) is 23.6. The van der Waals surface area contributed by atoms with Gasteiger partial charge in [0, 0.05) is 26.5 Å². The molecule has 0 N–H and O–H groups in total. The molecule has 0 spiro atoms. The van der Waals surface area contributed by atoms with Gasteiger partial charge in [-0.25, -0.2) is 9.40 Å². The first-order chi connectivity index (χ1) is 15.3. The number of halogens is 1.